The maximum absolute atomic E-state index is 11.4. The van der Waals surface area contributed by atoms with Crippen LogP contribution in [0, 0.1) is 6.92 Å². The average molecular weight is 249 g/mol. The van der Waals surface area contributed by atoms with Crippen LogP contribution in [0.25, 0.3) is 0 Å². The van der Waals surface area contributed by atoms with Crippen molar-refractivity contribution in [3.63, 3.8) is 0 Å². The Hall–Kier alpha value is -2.04. The number of carboxylic acids is 1. The number of benzene rings is 1. The second kappa shape index (κ2) is 5.08. The summed E-state index contributed by atoms with van der Waals surface area (Å²) in [5.74, 6) is -0.737. The van der Waals surface area contributed by atoms with Crippen LogP contribution in [0.3, 0.4) is 0 Å². The minimum Gasteiger partial charge on any atom is -0.483 e. The van der Waals surface area contributed by atoms with Crippen molar-refractivity contribution in [1.82, 2.24) is 5.32 Å². The van der Waals surface area contributed by atoms with Crippen molar-refractivity contribution in [2.75, 3.05) is 6.61 Å². The molecule has 96 valence electrons. The van der Waals surface area contributed by atoms with Gasteiger partial charge in [-0.25, -0.2) is 4.79 Å². The maximum Gasteiger partial charge on any atom is 0.336 e. The maximum atomic E-state index is 11.4. The molecule has 1 aliphatic rings. The van der Waals surface area contributed by atoms with Crippen LogP contribution in [-0.4, -0.2) is 29.6 Å². The van der Waals surface area contributed by atoms with Crippen molar-refractivity contribution < 1.29 is 19.4 Å². The summed E-state index contributed by atoms with van der Waals surface area (Å²) in [5, 5.41) is 11.8. The third-order valence-corrected chi connectivity index (χ3v) is 2.82. The summed E-state index contributed by atoms with van der Waals surface area (Å²) in [5.41, 5.74) is 0.722. The summed E-state index contributed by atoms with van der Waals surface area (Å²) in [7, 11) is 0. The van der Waals surface area contributed by atoms with Gasteiger partial charge in [-0.15, -0.1) is 0 Å². The molecule has 1 amide bonds. The fraction of sp³-hybridized carbons (Fsp3) is 0.385. The van der Waals surface area contributed by atoms with Crippen LogP contribution >= 0.6 is 0 Å². The lowest BCUT2D eigenvalue weighted by Gasteiger charge is -2.10. The van der Waals surface area contributed by atoms with Gasteiger partial charge in [-0.05, 0) is 31.9 Å². The number of rotatable bonds is 5. The monoisotopic (exact) mass is 249 g/mol. The fourth-order valence-electron chi connectivity index (χ4n) is 1.64. The molecule has 1 aliphatic carbocycles. The van der Waals surface area contributed by atoms with E-state index in [-0.39, 0.29) is 18.1 Å². The Morgan fingerprint density at radius 3 is 2.78 bits per heavy atom. The van der Waals surface area contributed by atoms with Crippen LogP contribution in [0.2, 0.25) is 0 Å². The van der Waals surface area contributed by atoms with Crippen LogP contribution in [0.4, 0.5) is 0 Å². The minimum absolute atomic E-state index is 0.0829. The SMILES string of the molecule is Cc1c(OCC(=O)NC2CC2)cccc1C(=O)O. The first kappa shape index (κ1) is 12.4. The Morgan fingerprint density at radius 2 is 2.17 bits per heavy atom. The fourth-order valence-corrected chi connectivity index (χ4v) is 1.64. The van der Waals surface area contributed by atoms with Crippen LogP contribution < -0.4 is 10.1 Å². The van der Waals surface area contributed by atoms with E-state index < -0.39 is 5.97 Å². The van der Waals surface area contributed by atoms with Crippen LogP contribution in [0.15, 0.2) is 18.2 Å². The molecule has 1 aromatic rings. The lowest BCUT2D eigenvalue weighted by Crippen LogP contribution is -2.30. The van der Waals surface area contributed by atoms with Gasteiger partial charge in [0.05, 0.1) is 5.56 Å². The number of aromatic carboxylic acids is 1. The lowest BCUT2D eigenvalue weighted by atomic mass is 10.1. The molecule has 0 unspecified atom stereocenters. The van der Waals surface area contributed by atoms with Gasteiger partial charge in [0, 0.05) is 11.6 Å². The standard InChI is InChI=1S/C13H15NO4/c1-8-10(13(16)17)3-2-4-11(8)18-7-12(15)14-9-5-6-9/h2-4,9H,5-7H2,1H3,(H,14,15)(H,16,17). The van der Waals surface area contributed by atoms with Crippen molar-refractivity contribution >= 4 is 11.9 Å². The molecule has 1 saturated carbocycles. The summed E-state index contributed by atoms with van der Waals surface area (Å²) < 4.78 is 5.34. The van der Waals surface area contributed by atoms with E-state index in [4.69, 9.17) is 9.84 Å². The highest BCUT2D eigenvalue weighted by molar-refractivity contribution is 5.90. The van der Waals surface area contributed by atoms with Crippen molar-refractivity contribution in [2.45, 2.75) is 25.8 Å². The van der Waals surface area contributed by atoms with Crippen LogP contribution in [-0.2, 0) is 4.79 Å². The molecule has 0 atom stereocenters. The number of carboxylic acid groups (broad SMARTS) is 1. The molecule has 2 rings (SSSR count). The third-order valence-electron chi connectivity index (χ3n) is 2.82. The van der Waals surface area contributed by atoms with Gasteiger partial charge < -0.3 is 15.2 Å². The molecule has 1 fully saturated rings. The van der Waals surface area contributed by atoms with E-state index >= 15 is 0 Å². The summed E-state index contributed by atoms with van der Waals surface area (Å²) in [4.78, 5) is 22.4. The molecule has 0 aliphatic heterocycles. The Morgan fingerprint density at radius 1 is 1.44 bits per heavy atom. The molecular weight excluding hydrogens is 234 g/mol. The molecule has 0 heterocycles. The molecule has 0 spiro atoms. The molecular formula is C13H15NO4. The number of amides is 1. The number of carbonyl (C=O) groups excluding carboxylic acids is 1. The highest BCUT2D eigenvalue weighted by atomic mass is 16.5. The van der Waals surface area contributed by atoms with Gasteiger partial charge in [0.2, 0.25) is 0 Å². The molecule has 0 saturated heterocycles. The van der Waals surface area contributed by atoms with E-state index in [9.17, 15) is 9.59 Å². The Bertz CT molecular complexity index is 480. The van der Waals surface area contributed by atoms with Crippen molar-refractivity contribution in [3.8, 4) is 5.75 Å². The Kier molecular flexibility index (Phi) is 3.50. The summed E-state index contributed by atoms with van der Waals surface area (Å²) in [6.07, 6.45) is 2.05. The summed E-state index contributed by atoms with van der Waals surface area (Å²) >= 11 is 0. The molecule has 5 heteroatoms. The van der Waals surface area contributed by atoms with Crippen molar-refractivity contribution in [1.29, 1.82) is 0 Å². The minimum atomic E-state index is -1.000. The van der Waals surface area contributed by atoms with E-state index in [0.717, 1.165) is 12.8 Å². The van der Waals surface area contributed by atoms with E-state index in [1.54, 1.807) is 19.1 Å². The molecule has 1 aromatic carbocycles. The smallest absolute Gasteiger partial charge is 0.336 e. The van der Waals surface area contributed by atoms with Gasteiger partial charge in [-0.3, -0.25) is 4.79 Å². The number of hydrogen-bond acceptors (Lipinski definition) is 3. The van der Waals surface area contributed by atoms with Crippen LogP contribution in [0.5, 0.6) is 5.75 Å². The predicted molar refractivity (Wildman–Crippen MR) is 64.8 cm³/mol. The normalized spacial score (nSPS) is 14.1. The van der Waals surface area contributed by atoms with Crippen LogP contribution in [0.1, 0.15) is 28.8 Å². The first-order valence-electron chi connectivity index (χ1n) is 5.83. The summed E-state index contributed by atoms with van der Waals surface area (Å²) in [6.45, 7) is 1.58. The lowest BCUT2D eigenvalue weighted by molar-refractivity contribution is -0.123. The first-order valence-corrected chi connectivity index (χ1v) is 5.83. The van der Waals surface area contributed by atoms with Gasteiger partial charge in [0.25, 0.3) is 5.91 Å². The molecule has 2 N–H and O–H groups in total. The largest absolute Gasteiger partial charge is 0.483 e. The first-order chi connectivity index (χ1) is 8.58. The zero-order valence-corrected chi connectivity index (χ0v) is 10.1. The highest BCUT2D eigenvalue weighted by Crippen LogP contribution is 2.22. The molecule has 0 radical (unpaired) electrons. The van der Waals surface area contributed by atoms with E-state index in [0.29, 0.717) is 17.4 Å². The molecule has 0 aromatic heterocycles. The second-order valence-corrected chi connectivity index (χ2v) is 4.36. The zero-order chi connectivity index (χ0) is 13.1. The second-order valence-electron chi connectivity index (χ2n) is 4.36. The molecule has 5 nitrogen and oxygen atoms in total. The van der Waals surface area contributed by atoms with E-state index in [1.165, 1.54) is 6.07 Å². The van der Waals surface area contributed by atoms with E-state index in [2.05, 4.69) is 5.32 Å². The number of carbonyl (C=O) groups is 2. The summed E-state index contributed by atoms with van der Waals surface area (Å²) in [6, 6.07) is 5.07. The molecule has 0 bridgehead atoms. The van der Waals surface area contributed by atoms with Gasteiger partial charge in [-0.2, -0.15) is 0 Å². The topological polar surface area (TPSA) is 75.6 Å². The van der Waals surface area contributed by atoms with Gasteiger partial charge in [-0.1, -0.05) is 6.07 Å². The predicted octanol–water partition coefficient (Wildman–Crippen LogP) is 1.35. The van der Waals surface area contributed by atoms with Gasteiger partial charge in [0.15, 0.2) is 6.61 Å². The number of hydrogen-bond donors (Lipinski definition) is 2. The third kappa shape index (κ3) is 3.00. The quantitative estimate of drug-likeness (QED) is 0.826. The molecule has 18 heavy (non-hydrogen) atoms. The number of nitrogens with one attached hydrogen (secondary N) is 1. The Labute approximate surface area is 105 Å². The van der Waals surface area contributed by atoms with Crippen molar-refractivity contribution in [3.05, 3.63) is 29.3 Å². The highest BCUT2D eigenvalue weighted by Gasteiger charge is 2.23. The Balaban J connectivity index is 1.97. The number of ether oxygens (including phenoxy) is 1. The van der Waals surface area contributed by atoms with Gasteiger partial charge >= 0.3 is 5.97 Å². The van der Waals surface area contributed by atoms with E-state index in [1.807, 2.05) is 0 Å². The van der Waals surface area contributed by atoms with Gasteiger partial charge in [0.1, 0.15) is 5.75 Å². The van der Waals surface area contributed by atoms with Crippen molar-refractivity contribution in [2.24, 2.45) is 0 Å². The average Bonchev–Trinajstić information content (AvgIpc) is 3.11. The zero-order valence-electron chi connectivity index (χ0n) is 10.1.